The zero-order chi connectivity index (χ0) is 15.5. The van der Waals surface area contributed by atoms with Crippen molar-refractivity contribution in [2.24, 2.45) is 0 Å². The SMILES string of the molecule is Cc1noc(C)c1S(=O)(=O)N[C@H](CO)Cc1ccccc1. The van der Waals surface area contributed by atoms with Crippen molar-refractivity contribution in [3.63, 3.8) is 0 Å². The highest BCUT2D eigenvalue weighted by molar-refractivity contribution is 7.89. The van der Waals surface area contributed by atoms with Crippen LogP contribution in [0.3, 0.4) is 0 Å². The summed E-state index contributed by atoms with van der Waals surface area (Å²) in [6, 6.07) is 8.77. The quantitative estimate of drug-likeness (QED) is 0.835. The number of benzene rings is 1. The van der Waals surface area contributed by atoms with Crippen LogP contribution in [-0.4, -0.2) is 31.3 Å². The maximum atomic E-state index is 12.4. The molecule has 2 aromatic rings. The van der Waals surface area contributed by atoms with Gasteiger partial charge in [-0.05, 0) is 25.8 Å². The summed E-state index contributed by atoms with van der Waals surface area (Å²) in [5.41, 5.74) is 1.24. The molecule has 0 bridgehead atoms. The molecule has 0 unspecified atom stereocenters. The number of hydrogen-bond acceptors (Lipinski definition) is 5. The Labute approximate surface area is 123 Å². The minimum Gasteiger partial charge on any atom is -0.395 e. The van der Waals surface area contributed by atoms with E-state index in [0.29, 0.717) is 12.1 Å². The summed E-state index contributed by atoms with van der Waals surface area (Å²) in [4.78, 5) is 0.0361. The van der Waals surface area contributed by atoms with E-state index in [1.165, 1.54) is 0 Å². The fourth-order valence-corrected chi connectivity index (χ4v) is 3.74. The predicted octanol–water partition coefficient (Wildman–Crippen LogP) is 1.17. The van der Waals surface area contributed by atoms with Crippen molar-refractivity contribution in [1.82, 2.24) is 9.88 Å². The van der Waals surface area contributed by atoms with E-state index in [2.05, 4.69) is 9.88 Å². The number of sulfonamides is 1. The Morgan fingerprint density at radius 3 is 2.48 bits per heavy atom. The average molecular weight is 310 g/mol. The van der Waals surface area contributed by atoms with Gasteiger partial charge in [0, 0.05) is 6.04 Å². The lowest BCUT2D eigenvalue weighted by Crippen LogP contribution is -2.39. The summed E-state index contributed by atoms with van der Waals surface area (Å²) in [6.07, 6.45) is 0.403. The molecule has 1 aromatic carbocycles. The minimum absolute atomic E-state index is 0.0361. The third-order valence-electron chi connectivity index (χ3n) is 3.10. The second-order valence-corrected chi connectivity index (χ2v) is 6.49. The van der Waals surface area contributed by atoms with Gasteiger partial charge in [0.1, 0.15) is 10.6 Å². The van der Waals surface area contributed by atoms with Gasteiger partial charge in [0.05, 0.1) is 6.61 Å². The molecule has 0 aliphatic rings. The smallest absolute Gasteiger partial charge is 0.246 e. The second kappa shape index (κ2) is 6.38. The maximum Gasteiger partial charge on any atom is 0.246 e. The lowest BCUT2D eigenvalue weighted by molar-refractivity contribution is 0.256. The van der Waals surface area contributed by atoms with E-state index >= 15 is 0 Å². The van der Waals surface area contributed by atoms with Crippen molar-refractivity contribution in [2.75, 3.05) is 6.61 Å². The van der Waals surface area contributed by atoms with Gasteiger partial charge in [0.15, 0.2) is 5.76 Å². The van der Waals surface area contributed by atoms with Crippen molar-refractivity contribution in [3.05, 3.63) is 47.3 Å². The number of aliphatic hydroxyl groups excluding tert-OH is 1. The number of nitrogens with one attached hydrogen (secondary N) is 1. The molecule has 0 aliphatic carbocycles. The predicted molar refractivity (Wildman–Crippen MR) is 77.3 cm³/mol. The molecule has 1 atom stereocenters. The summed E-state index contributed by atoms with van der Waals surface area (Å²) in [7, 11) is -3.78. The van der Waals surface area contributed by atoms with Crippen LogP contribution >= 0.6 is 0 Å². The molecule has 7 heteroatoms. The van der Waals surface area contributed by atoms with E-state index in [1.54, 1.807) is 13.8 Å². The number of aryl methyl sites for hydroxylation is 2. The van der Waals surface area contributed by atoms with Crippen LogP contribution in [-0.2, 0) is 16.4 Å². The molecule has 2 N–H and O–H groups in total. The van der Waals surface area contributed by atoms with Crippen molar-refractivity contribution >= 4 is 10.0 Å². The lowest BCUT2D eigenvalue weighted by Gasteiger charge is -2.16. The van der Waals surface area contributed by atoms with Crippen LogP contribution in [0.15, 0.2) is 39.8 Å². The molecule has 0 saturated heterocycles. The Morgan fingerprint density at radius 2 is 1.95 bits per heavy atom. The number of hydrogen-bond donors (Lipinski definition) is 2. The topological polar surface area (TPSA) is 92.4 Å². The van der Waals surface area contributed by atoms with Gasteiger partial charge in [0.2, 0.25) is 10.0 Å². The van der Waals surface area contributed by atoms with E-state index in [-0.39, 0.29) is 17.3 Å². The fourth-order valence-electron chi connectivity index (χ4n) is 2.18. The Kier molecular flexibility index (Phi) is 4.76. The van der Waals surface area contributed by atoms with Crippen LogP contribution in [0.4, 0.5) is 0 Å². The van der Waals surface area contributed by atoms with Crippen LogP contribution in [0.25, 0.3) is 0 Å². The molecule has 114 valence electrons. The van der Waals surface area contributed by atoms with Gasteiger partial charge >= 0.3 is 0 Å². The molecular formula is C14H18N2O4S. The largest absolute Gasteiger partial charge is 0.395 e. The first-order valence-electron chi connectivity index (χ1n) is 6.54. The fraction of sp³-hybridized carbons (Fsp3) is 0.357. The monoisotopic (exact) mass is 310 g/mol. The molecule has 0 radical (unpaired) electrons. The van der Waals surface area contributed by atoms with Crippen LogP contribution in [0.1, 0.15) is 17.0 Å². The van der Waals surface area contributed by atoms with E-state index in [1.807, 2.05) is 30.3 Å². The average Bonchev–Trinajstić information content (AvgIpc) is 2.79. The lowest BCUT2D eigenvalue weighted by atomic mass is 10.1. The van der Waals surface area contributed by atoms with Gasteiger partial charge in [-0.3, -0.25) is 0 Å². The van der Waals surface area contributed by atoms with Crippen LogP contribution in [0.5, 0.6) is 0 Å². The zero-order valence-electron chi connectivity index (χ0n) is 11.9. The molecule has 0 fully saturated rings. The first-order chi connectivity index (χ1) is 9.94. The molecule has 21 heavy (non-hydrogen) atoms. The van der Waals surface area contributed by atoms with Crippen molar-refractivity contribution in [1.29, 1.82) is 0 Å². The van der Waals surface area contributed by atoms with Gasteiger partial charge in [0.25, 0.3) is 0 Å². The maximum absolute atomic E-state index is 12.4. The number of nitrogens with zero attached hydrogens (tertiary/aromatic N) is 1. The Hall–Kier alpha value is -1.70. The molecule has 0 aliphatic heterocycles. The van der Waals surface area contributed by atoms with Crippen LogP contribution in [0.2, 0.25) is 0 Å². The summed E-state index contributed by atoms with van der Waals surface area (Å²) in [5.74, 6) is 0.233. The van der Waals surface area contributed by atoms with Gasteiger partial charge < -0.3 is 9.63 Å². The van der Waals surface area contributed by atoms with E-state index < -0.39 is 16.1 Å². The van der Waals surface area contributed by atoms with Crippen molar-refractivity contribution in [2.45, 2.75) is 31.2 Å². The second-order valence-electron chi connectivity index (χ2n) is 4.84. The van der Waals surface area contributed by atoms with E-state index in [4.69, 9.17) is 4.52 Å². The number of aromatic nitrogens is 1. The number of rotatable bonds is 6. The molecule has 0 saturated carbocycles. The highest BCUT2D eigenvalue weighted by atomic mass is 32.2. The summed E-state index contributed by atoms with van der Waals surface area (Å²) < 4.78 is 32.1. The van der Waals surface area contributed by atoms with Crippen LogP contribution in [0, 0.1) is 13.8 Å². The first-order valence-corrected chi connectivity index (χ1v) is 8.02. The zero-order valence-corrected chi connectivity index (χ0v) is 12.7. The summed E-state index contributed by atoms with van der Waals surface area (Å²) in [6.45, 7) is 2.81. The third-order valence-corrected chi connectivity index (χ3v) is 4.87. The van der Waals surface area contributed by atoms with E-state index in [0.717, 1.165) is 5.56 Å². The standard InChI is InChI=1S/C14H18N2O4S/c1-10-14(11(2)20-15-10)21(18,19)16-13(9-17)8-12-6-4-3-5-7-12/h3-7,13,16-17H,8-9H2,1-2H3/t13-/m0/s1. The Morgan fingerprint density at radius 1 is 1.29 bits per heavy atom. The van der Waals surface area contributed by atoms with Gasteiger partial charge in [-0.2, -0.15) is 0 Å². The van der Waals surface area contributed by atoms with Gasteiger partial charge in [-0.25, -0.2) is 13.1 Å². The third kappa shape index (κ3) is 3.69. The highest BCUT2D eigenvalue weighted by Crippen LogP contribution is 2.19. The minimum atomic E-state index is -3.78. The molecule has 1 heterocycles. The van der Waals surface area contributed by atoms with Gasteiger partial charge in [-0.1, -0.05) is 35.5 Å². The molecule has 6 nitrogen and oxygen atoms in total. The molecule has 0 spiro atoms. The highest BCUT2D eigenvalue weighted by Gasteiger charge is 2.26. The van der Waals surface area contributed by atoms with Crippen molar-refractivity contribution < 1.29 is 18.0 Å². The molecule has 0 amide bonds. The first kappa shape index (κ1) is 15.7. The molecular weight excluding hydrogens is 292 g/mol. The van der Waals surface area contributed by atoms with Gasteiger partial charge in [-0.15, -0.1) is 0 Å². The Bertz CT molecular complexity index is 676. The normalized spacial score (nSPS) is 13.3. The summed E-state index contributed by atoms with van der Waals surface area (Å²) in [5, 5.41) is 13.1. The van der Waals surface area contributed by atoms with E-state index in [9.17, 15) is 13.5 Å². The molecule has 1 aromatic heterocycles. The van der Waals surface area contributed by atoms with Crippen LogP contribution < -0.4 is 4.72 Å². The Balaban J connectivity index is 2.18. The number of aliphatic hydroxyl groups is 1. The summed E-state index contributed by atoms with van der Waals surface area (Å²) >= 11 is 0. The molecule has 2 rings (SSSR count). The van der Waals surface area contributed by atoms with Crippen molar-refractivity contribution in [3.8, 4) is 0 Å².